The molecule has 222 valence electrons. The Hall–Kier alpha value is -0.840. The molecule has 0 aromatic heterocycles. The van der Waals surface area contributed by atoms with E-state index < -0.39 is 41.7 Å². The lowest BCUT2D eigenvalue weighted by Gasteiger charge is -2.40. The first kappa shape index (κ1) is 35.2. The van der Waals surface area contributed by atoms with Crippen LogP contribution in [0.15, 0.2) is 30.3 Å². The molecule has 11 heteroatoms. The minimum Gasteiger partial charge on any atom is -0.393 e. The van der Waals surface area contributed by atoms with Gasteiger partial charge in [-0.25, -0.2) is 13.1 Å². The van der Waals surface area contributed by atoms with Gasteiger partial charge in [0.1, 0.15) is 6.10 Å². The van der Waals surface area contributed by atoms with Crippen molar-refractivity contribution in [3.63, 3.8) is 0 Å². The van der Waals surface area contributed by atoms with Gasteiger partial charge in [-0.3, -0.25) is 4.57 Å². The van der Waals surface area contributed by atoms with Crippen molar-refractivity contribution in [1.82, 2.24) is 4.72 Å². The summed E-state index contributed by atoms with van der Waals surface area (Å²) in [5, 5.41) is 18.7. The van der Waals surface area contributed by atoms with Crippen LogP contribution in [-0.4, -0.2) is 58.3 Å². The molecule has 0 amide bonds. The summed E-state index contributed by atoms with van der Waals surface area (Å²) in [5.74, 6) is -0.146. The third kappa shape index (κ3) is 12.6. The summed E-state index contributed by atoms with van der Waals surface area (Å²) in [7, 11) is -9.11. The lowest BCUT2D eigenvalue weighted by atomic mass is 9.99. The Morgan fingerprint density at radius 1 is 0.895 bits per heavy atom. The van der Waals surface area contributed by atoms with E-state index in [-0.39, 0.29) is 18.8 Å². The number of benzene rings is 1. The zero-order chi connectivity index (χ0) is 28.5. The first-order valence-corrected chi connectivity index (χ1v) is 17.3. The molecule has 5 N–H and O–H groups in total. The lowest BCUT2D eigenvalue weighted by Crippen LogP contribution is -2.58. The highest BCUT2D eigenvalue weighted by Gasteiger charge is 2.56. The molecule has 0 fully saturated rings. The van der Waals surface area contributed by atoms with Crippen molar-refractivity contribution in [1.29, 1.82) is 0 Å². The van der Waals surface area contributed by atoms with Crippen molar-refractivity contribution >= 4 is 17.6 Å². The van der Waals surface area contributed by atoms with Gasteiger partial charge in [0.15, 0.2) is 0 Å². The summed E-state index contributed by atoms with van der Waals surface area (Å²) >= 11 is 0. The molecule has 0 aliphatic heterocycles. The molecule has 3 unspecified atom stereocenters. The number of hydrogen-bond donors (Lipinski definition) is 5. The van der Waals surface area contributed by atoms with Gasteiger partial charge >= 0.3 is 7.60 Å². The third-order valence-electron chi connectivity index (χ3n) is 6.86. The predicted octanol–water partition coefficient (Wildman–Crippen LogP) is 4.83. The number of hydrogen-bond acceptors (Lipinski definition) is 6. The van der Waals surface area contributed by atoms with Gasteiger partial charge in [0.25, 0.3) is 0 Å². The first-order valence-electron chi connectivity index (χ1n) is 14.1. The monoisotopic (exact) mass is 579 g/mol. The maximum Gasteiger partial charge on any atom is 0.362 e. The van der Waals surface area contributed by atoms with E-state index >= 15 is 0 Å². The highest BCUT2D eigenvalue weighted by atomic mass is 32.2. The van der Waals surface area contributed by atoms with Crippen LogP contribution >= 0.6 is 7.60 Å². The van der Waals surface area contributed by atoms with Gasteiger partial charge in [0, 0.05) is 0 Å². The highest BCUT2D eigenvalue weighted by molar-refractivity contribution is 7.89. The summed E-state index contributed by atoms with van der Waals surface area (Å²) in [6.07, 6.45) is 9.26. The molecule has 0 aliphatic rings. The van der Waals surface area contributed by atoms with Gasteiger partial charge in [-0.1, -0.05) is 115 Å². The topological polar surface area (TPSA) is 153 Å². The number of unbranched alkanes of at least 4 members (excludes halogenated alkanes) is 10. The van der Waals surface area contributed by atoms with Crippen LogP contribution in [0.25, 0.3) is 0 Å². The van der Waals surface area contributed by atoms with Crippen molar-refractivity contribution in [2.45, 2.75) is 121 Å². The number of aliphatic hydroxyl groups is 2. The van der Waals surface area contributed by atoms with Crippen molar-refractivity contribution in [2.75, 3.05) is 12.4 Å². The molecule has 0 heterocycles. The molecule has 0 aliphatic carbocycles. The average Bonchev–Trinajstić information content (AvgIpc) is 2.87. The van der Waals surface area contributed by atoms with E-state index in [1.165, 1.54) is 19.3 Å². The number of aliphatic hydroxyl groups excluding tert-OH is 2. The second-order valence-corrected chi connectivity index (χ2v) is 13.9. The van der Waals surface area contributed by atoms with Crippen LogP contribution in [0.5, 0.6) is 0 Å². The van der Waals surface area contributed by atoms with E-state index in [1.807, 2.05) is 6.92 Å². The number of ether oxygens (including phenoxy) is 1. The lowest BCUT2D eigenvalue weighted by molar-refractivity contribution is -0.123. The maximum atomic E-state index is 12.9. The second-order valence-electron chi connectivity index (χ2n) is 10.1. The van der Waals surface area contributed by atoms with Gasteiger partial charge in [-0.2, -0.15) is 0 Å². The Morgan fingerprint density at radius 2 is 1.42 bits per heavy atom. The fourth-order valence-corrected chi connectivity index (χ4v) is 6.81. The number of rotatable bonds is 23. The van der Waals surface area contributed by atoms with Crippen molar-refractivity contribution in [3.05, 3.63) is 35.9 Å². The fourth-order valence-electron chi connectivity index (χ4n) is 4.46. The average molecular weight is 580 g/mol. The molecule has 38 heavy (non-hydrogen) atoms. The highest BCUT2D eigenvalue weighted by Crippen LogP contribution is 2.54. The van der Waals surface area contributed by atoms with E-state index in [1.54, 1.807) is 30.3 Å². The predicted molar refractivity (Wildman–Crippen MR) is 151 cm³/mol. The Bertz CT molecular complexity index is 896. The summed E-state index contributed by atoms with van der Waals surface area (Å²) < 4.78 is 46.5. The number of sulfonamides is 1. The van der Waals surface area contributed by atoms with Crippen LogP contribution in [0.2, 0.25) is 0 Å². The SMILES string of the molecule is CCCCCCCCCCS(=O)(=O)NC(CCCCCC)C(O)C(CO)(OCc1ccccc1)P(=O)(O)O. The largest absolute Gasteiger partial charge is 0.393 e. The molecular formula is C27H50NO8PS. The van der Waals surface area contributed by atoms with Crippen molar-refractivity contribution in [3.8, 4) is 0 Å². The standard InChI is InChI=1S/C27H50NO8PS/c1-3-5-7-9-10-11-12-17-21-38(34,35)28-25(20-16-8-6-4-2)26(30)27(23-29,37(31,32)33)36-22-24-18-14-13-15-19-24/h13-15,18-19,25-26,28-30H,3-12,16-17,20-23H2,1-2H3,(H2,31,32,33). The van der Waals surface area contributed by atoms with Crippen LogP contribution in [0, 0.1) is 0 Å². The van der Waals surface area contributed by atoms with Crippen LogP contribution in [-0.2, 0) is 25.9 Å². The molecule has 0 bridgehead atoms. The van der Waals surface area contributed by atoms with Crippen LogP contribution in [0.3, 0.4) is 0 Å². The van der Waals surface area contributed by atoms with Crippen LogP contribution in [0.1, 0.15) is 103 Å². The first-order chi connectivity index (χ1) is 18.0. The van der Waals surface area contributed by atoms with Gasteiger partial charge in [-0.15, -0.1) is 0 Å². The summed E-state index contributed by atoms with van der Waals surface area (Å²) in [6, 6.07) is 7.35. The van der Waals surface area contributed by atoms with Gasteiger partial charge in [-0.05, 0) is 18.4 Å². The zero-order valence-corrected chi connectivity index (χ0v) is 24.8. The third-order valence-corrected chi connectivity index (χ3v) is 9.87. The minimum atomic E-state index is -5.26. The Kier molecular flexibility index (Phi) is 17.1. The van der Waals surface area contributed by atoms with E-state index in [4.69, 9.17) is 4.74 Å². The molecular weight excluding hydrogens is 529 g/mol. The summed E-state index contributed by atoms with van der Waals surface area (Å²) in [6.45, 7) is 2.72. The molecule has 0 saturated heterocycles. The van der Waals surface area contributed by atoms with Crippen LogP contribution < -0.4 is 4.72 Å². The Balaban J connectivity index is 2.98. The van der Waals surface area contributed by atoms with Crippen molar-refractivity contribution < 1.29 is 37.7 Å². The number of nitrogens with one attached hydrogen (secondary N) is 1. The maximum absolute atomic E-state index is 12.9. The molecule has 0 radical (unpaired) electrons. The molecule has 1 rings (SSSR count). The smallest absolute Gasteiger partial charge is 0.362 e. The second kappa shape index (κ2) is 18.5. The van der Waals surface area contributed by atoms with E-state index in [0.717, 1.165) is 44.9 Å². The van der Waals surface area contributed by atoms with E-state index in [9.17, 15) is 33.0 Å². The van der Waals surface area contributed by atoms with E-state index in [0.29, 0.717) is 18.4 Å². The Labute approximate surface area is 229 Å². The van der Waals surface area contributed by atoms with Gasteiger partial charge in [0.2, 0.25) is 15.4 Å². The molecule has 1 aromatic rings. The molecule has 1 aromatic carbocycles. The summed E-state index contributed by atoms with van der Waals surface area (Å²) in [5.41, 5.74) is 0.584. The van der Waals surface area contributed by atoms with Gasteiger partial charge < -0.3 is 24.7 Å². The molecule has 0 saturated carbocycles. The minimum absolute atomic E-state index is 0.146. The molecule has 0 spiro atoms. The fraction of sp³-hybridized carbons (Fsp3) is 0.778. The van der Waals surface area contributed by atoms with Crippen molar-refractivity contribution in [2.24, 2.45) is 0 Å². The summed E-state index contributed by atoms with van der Waals surface area (Å²) in [4.78, 5) is 20.4. The van der Waals surface area contributed by atoms with Gasteiger partial charge in [0.05, 0.1) is 25.0 Å². The molecule has 9 nitrogen and oxygen atoms in total. The zero-order valence-electron chi connectivity index (χ0n) is 23.1. The molecule has 3 atom stereocenters. The van der Waals surface area contributed by atoms with E-state index in [2.05, 4.69) is 11.6 Å². The van der Waals surface area contributed by atoms with Crippen LogP contribution in [0.4, 0.5) is 0 Å². The quantitative estimate of drug-likeness (QED) is 0.0913. The normalized spacial score (nSPS) is 15.7. The Morgan fingerprint density at radius 3 is 1.95 bits per heavy atom.